The van der Waals surface area contributed by atoms with Crippen molar-refractivity contribution < 1.29 is 22.0 Å². The van der Waals surface area contributed by atoms with Gasteiger partial charge in [-0.1, -0.05) is 0 Å². The van der Waals surface area contributed by atoms with E-state index >= 15 is 0 Å². The number of aryl methyl sites for hydroxylation is 1. The van der Waals surface area contributed by atoms with Gasteiger partial charge >= 0.3 is 0 Å². The van der Waals surface area contributed by atoms with Crippen LogP contribution in [0, 0.1) is 11.7 Å². The first-order chi connectivity index (χ1) is 13.0. The fourth-order valence-corrected chi connectivity index (χ4v) is 4.66. The van der Waals surface area contributed by atoms with Gasteiger partial charge in [-0.2, -0.15) is 4.31 Å². The zero-order valence-corrected chi connectivity index (χ0v) is 15.8. The van der Waals surface area contributed by atoms with E-state index in [9.17, 15) is 17.6 Å². The molecule has 6 nitrogen and oxygen atoms in total. The van der Waals surface area contributed by atoms with E-state index in [4.69, 9.17) is 4.42 Å². The van der Waals surface area contributed by atoms with E-state index < -0.39 is 15.8 Å². The summed E-state index contributed by atoms with van der Waals surface area (Å²) in [5.41, 5.74) is 0. The summed E-state index contributed by atoms with van der Waals surface area (Å²) in [5, 5.41) is 2.92. The summed E-state index contributed by atoms with van der Waals surface area (Å²) in [6.45, 7) is 1.13. The second-order valence-electron chi connectivity index (χ2n) is 6.61. The predicted octanol–water partition coefficient (Wildman–Crippen LogP) is 2.57. The van der Waals surface area contributed by atoms with Crippen LogP contribution in [0.15, 0.2) is 52.0 Å². The molecule has 0 radical (unpaired) electrons. The SMILES string of the molecule is O=C(NCCCc1ccco1)C1CCN(S(=O)(=O)c2ccc(F)cc2)CC1. The molecule has 0 atom stereocenters. The largest absolute Gasteiger partial charge is 0.469 e. The van der Waals surface area contributed by atoms with Gasteiger partial charge in [-0.25, -0.2) is 12.8 Å². The van der Waals surface area contributed by atoms with Gasteiger partial charge in [0.15, 0.2) is 0 Å². The van der Waals surface area contributed by atoms with Gasteiger partial charge in [-0.15, -0.1) is 0 Å². The van der Waals surface area contributed by atoms with Crippen molar-refractivity contribution in [3.63, 3.8) is 0 Å². The average Bonchev–Trinajstić information content (AvgIpc) is 3.19. The van der Waals surface area contributed by atoms with E-state index in [0.717, 1.165) is 30.7 Å². The number of nitrogens with zero attached hydrogens (tertiary/aromatic N) is 1. The first-order valence-corrected chi connectivity index (χ1v) is 10.5. The fraction of sp³-hybridized carbons (Fsp3) is 0.421. The highest BCUT2D eigenvalue weighted by atomic mass is 32.2. The molecule has 8 heteroatoms. The normalized spacial score (nSPS) is 16.3. The molecule has 2 aromatic rings. The number of sulfonamides is 1. The maximum absolute atomic E-state index is 13.0. The van der Waals surface area contributed by atoms with Gasteiger partial charge in [0.2, 0.25) is 15.9 Å². The van der Waals surface area contributed by atoms with Gasteiger partial charge in [-0.05, 0) is 55.7 Å². The van der Waals surface area contributed by atoms with Crippen molar-refractivity contribution in [1.29, 1.82) is 0 Å². The van der Waals surface area contributed by atoms with Crippen molar-refractivity contribution in [2.24, 2.45) is 5.92 Å². The maximum atomic E-state index is 13.0. The number of piperidine rings is 1. The molecule has 1 saturated heterocycles. The number of carbonyl (C=O) groups excluding carboxylic acids is 1. The Labute approximate surface area is 158 Å². The molecule has 2 heterocycles. The van der Waals surface area contributed by atoms with Gasteiger partial charge in [-0.3, -0.25) is 4.79 Å². The number of hydrogen-bond acceptors (Lipinski definition) is 4. The van der Waals surface area contributed by atoms with Crippen LogP contribution in [0.2, 0.25) is 0 Å². The molecule has 1 aliphatic heterocycles. The zero-order chi connectivity index (χ0) is 19.3. The maximum Gasteiger partial charge on any atom is 0.243 e. The van der Waals surface area contributed by atoms with Crippen LogP contribution in [0.3, 0.4) is 0 Å². The molecule has 0 aliphatic carbocycles. The van der Waals surface area contributed by atoms with E-state index in [0.29, 0.717) is 19.4 Å². The van der Waals surface area contributed by atoms with Crippen molar-refractivity contribution in [3.8, 4) is 0 Å². The Morgan fingerprint density at radius 2 is 1.89 bits per heavy atom. The lowest BCUT2D eigenvalue weighted by molar-refractivity contribution is -0.126. The summed E-state index contributed by atoms with van der Waals surface area (Å²) in [6, 6.07) is 8.54. The minimum absolute atomic E-state index is 0.0340. The second kappa shape index (κ2) is 8.67. The average molecular weight is 394 g/mol. The Balaban J connectivity index is 1.45. The third-order valence-corrected chi connectivity index (χ3v) is 6.67. The quantitative estimate of drug-likeness (QED) is 0.732. The fourth-order valence-electron chi connectivity index (χ4n) is 3.19. The van der Waals surface area contributed by atoms with E-state index in [1.807, 2.05) is 12.1 Å². The molecular weight excluding hydrogens is 371 g/mol. The number of halogens is 1. The molecule has 0 unspecified atom stereocenters. The van der Waals surface area contributed by atoms with Gasteiger partial charge in [0, 0.05) is 32.0 Å². The highest BCUT2D eigenvalue weighted by Crippen LogP contribution is 2.24. The Morgan fingerprint density at radius 1 is 1.19 bits per heavy atom. The van der Waals surface area contributed by atoms with E-state index in [-0.39, 0.29) is 29.8 Å². The van der Waals surface area contributed by atoms with Crippen LogP contribution in [0.25, 0.3) is 0 Å². The topological polar surface area (TPSA) is 79.6 Å². The van der Waals surface area contributed by atoms with Crippen LogP contribution < -0.4 is 5.32 Å². The lowest BCUT2D eigenvalue weighted by Crippen LogP contribution is -2.43. The van der Waals surface area contributed by atoms with Crippen LogP contribution >= 0.6 is 0 Å². The lowest BCUT2D eigenvalue weighted by atomic mass is 9.97. The summed E-state index contributed by atoms with van der Waals surface area (Å²) in [7, 11) is -3.65. The Bertz CT molecular complexity index is 842. The summed E-state index contributed by atoms with van der Waals surface area (Å²) in [4.78, 5) is 12.4. The number of benzene rings is 1. The van der Waals surface area contributed by atoms with Crippen molar-refractivity contribution in [2.45, 2.75) is 30.6 Å². The standard InChI is InChI=1S/C19H23FN2O4S/c20-16-5-7-18(8-6-16)27(24,25)22-12-9-15(10-13-22)19(23)21-11-1-3-17-4-2-14-26-17/h2,4-8,14-15H,1,3,9-13H2,(H,21,23). The van der Waals surface area contributed by atoms with E-state index in [1.54, 1.807) is 6.26 Å². The smallest absolute Gasteiger partial charge is 0.243 e. The Hall–Kier alpha value is -2.19. The Kier molecular flexibility index (Phi) is 6.28. The summed E-state index contributed by atoms with van der Waals surface area (Å²) in [6.07, 6.45) is 4.13. The molecule has 0 saturated carbocycles. The number of rotatable bonds is 7. The van der Waals surface area contributed by atoms with Crippen molar-refractivity contribution >= 4 is 15.9 Å². The van der Waals surface area contributed by atoms with Gasteiger partial charge < -0.3 is 9.73 Å². The molecule has 0 bridgehead atoms. The molecule has 1 fully saturated rings. The van der Waals surface area contributed by atoms with Gasteiger partial charge in [0.25, 0.3) is 0 Å². The molecule has 0 spiro atoms. The molecule has 27 heavy (non-hydrogen) atoms. The number of carbonyl (C=O) groups is 1. The predicted molar refractivity (Wildman–Crippen MR) is 97.9 cm³/mol. The first-order valence-electron chi connectivity index (χ1n) is 9.02. The molecule has 1 N–H and O–H groups in total. The van der Waals surface area contributed by atoms with Crippen molar-refractivity contribution in [3.05, 3.63) is 54.2 Å². The number of amides is 1. The third kappa shape index (κ3) is 4.95. The molecular formula is C19H23FN2O4S. The molecule has 1 aliphatic rings. The van der Waals surface area contributed by atoms with Crippen LogP contribution in [0.5, 0.6) is 0 Å². The van der Waals surface area contributed by atoms with E-state index in [1.165, 1.54) is 16.4 Å². The molecule has 1 aromatic carbocycles. The highest BCUT2D eigenvalue weighted by Gasteiger charge is 2.31. The van der Waals surface area contributed by atoms with Crippen LogP contribution in [-0.4, -0.2) is 38.3 Å². The molecule has 3 rings (SSSR count). The van der Waals surface area contributed by atoms with Crippen LogP contribution in [-0.2, 0) is 21.2 Å². The van der Waals surface area contributed by atoms with Gasteiger partial charge in [0.05, 0.1) is 11.2 Å². The third-order valence-electron chi connectivity index (χ3n) is 4.76. The lowest BCUT2D eigenvalue weighted by Gasteiger charge is -2.30. The highest BCUT2D eigenvalue weighted by molar-refractivity contribution is 7.89. The number of hydrogen-bond donors (Lipinski definition) is 1. The van der Waals surface area contributed by atoms with Crippen LogP contribution in [0.1, 0.15) is 25.0 Å². The molecule has 146 valence electrons. The van der Waals surface area contributed by atoms with Crippen molar-refractivity contribution in [2.75, 3.05) is 19.6 Å². The van der Waals surface area contributed by atoms with Crippen LogP contribution in [0.4, 0.5) is 4.39 Å². The summed E-state index contributed by atoms with van der Waals surface area (Å²) in [5.74, 6) is 0.196. The minimum atomic E-state index is -3.65. The summed E-state index contributed by atoms with van der Waals surface area (Å²) < 4.78 is 44.8. The number of furan rings is 1. The Morgan fingerprint density at radius 3 is 2.52 bits per heavy atom. The second-order valence-corrected chi connectivity index (χ2v) is 8.54. The molecule has 1 amide bonds. The van der Waals surface area contributed by atoms with Crippen molar-refractivity contribution in [1.82, 2.24) is 9.62 Å². The zero-order valence-electron chi connectivity index (χ0n) is 14.9. The first kappa shape index (κ1) is 19.6. The molecule has 1 aromatic heterocycles. The summed E-state index contributed by atoms with van der Waals surface area (Å²) >= 11 is 0. The monoisotopic (exact) mass is 394 g/mol. The number of nitrogens with one attached hydrogen (secondary N) is 1. The van der Waals surface area contributed by atoms with E-state index in [2.05, 4.69) is 5.32 Å². The van der Waals surface area contributed by atoms with Gasteiger partial charge in [0.1, 0.15) is 11.6 Å². The minimum Gasteiger partial charge on any atom is -0.469 e.